The summed E-state index contributed by atoms with van der Waals surface area (Å²) in [6.07, 6.45) is -4.77. The Morgan fingerprint density at radius 1 is 1.00 bits per heavy atom. The first-order valence-corrected chi connectivity index (χ1v) is 4.11. The van der Waals surface area contributed by atoms with Crippen LogP contribution in [0.5, 0.6) is 0 Å². The van der Waals surface area contributed by atoms with Crippen molar-refractivity contribution in [1.29, 1.82) is 0 Å². The Morgan fingerprint density at radius 3 is 1.76 bits per heavy atom. The molecule has 0 radical (unpaired) electrons. The number of anilines is 1. The van der Waals surface area contributed by atoms with Crippen LogP contribution in [0.2, 0.25) is 0 Å². The van der Waals surface area contributed by atoms with E-state index in [1.54, 1.807) is 0 Å². The lowest BCUT2D eigenvalue weighted by atomic mass is 10.3. The highest BCUT2D eigenvalue weighted by molar-refractivity contribution is 5.47. The van der Waals surface area contributed by atoms with E-state index >= 15 is 0 Å². The van der Waals surface area contributed by atoms with Crippen LogP contribution in [0.1, 0.15) is 0 Å². The molecule has 96 valence electrons. The smallest absolute Gasteiger partial charge is 0.361 e. The van der Waals surface area contributed by atoms with E-state index in [-0.39, 0.29) is 4.90 Å². The van der Waals surface area contributed by atoms with Gasteiger partial charge in [0.2, 0.25) is 11.6 Å². The molecule has 0 fully saturated rings. The molecule has 0 spiro atoms. The zero-order valence-electron chi connectivity index (χ0n) is 8.25. The number of hydrogen-bond acceptors (Lipinski definition) is 2. The molecule has 1 rings (SSSR count). The molecule has 1 heterocycles. The number of alkyl halides is 3. The molecule has 0 saturated heterocycles. The third-order valence-corrected chi connectivity index (χ3v) is 1.77. The van der Waals surface area contributed by atoms with Crippen LogP contribution in [-0.2, 0) is 0 Å². The molecule has 0 N–H and O–H groups in total. The fraction of sp³-hybridized carbons (Fsp3) is 0.375. The molecule has 2 nitrogen and oxygen atoms in total. The predicted molar refractivity (Wildman–Crippen MR) is 43.4 cm³/mol. The van der Waals surface area contributed by atoms with Gasteiger partial charge in [-0.2, -0.15) is 35.7 Å². The molecule has 0 atom stereocenters. The van der Waals surface area contributed by atoms with E-state index in [0.29, 0.717) is 7.05 Å². The number of halogens is 7. The van der Waals surface area contributed by atoms with Crippen LogP contribution < -0.4 is 4.90 Å². The second kappa shape index (κ2) is 4.38. The lowest BCUT2D eigenvalue weighted by Gasteiger charge is -2.21. The van der Waals surface area contributed by atoms with E-state index < -0.39 is 41.9 Å². The van der Waals surface area contributed by atoms with Gasteiger partial charge in [0.1, 0.15) is 12.2 Å². The maximum Gasteiger partial charge on any atom is 0.405 e. The van der Waals surface area contributed by atoms with Gasteiger partial charge in [-0.15, -0.1) is 0 Å². The molecule has 17 heavy (non-hydrogen) atoms. The fourth-order valence-electron chi connectivity index (χ4n) is 1.16. The average Bonchev–Trinajstić information content (AvgIpc) is 2.12. The summed E-state index contributed by atoms with van der Waals surface area (Å²) in [5.41, 5.74) is -1.45. The van der Waals surface area contributed by atoms with E-state index in [9.17, 15) is 30.7 Å². The zero-order chi connectivity index (χ0) is 13.4. The van der Waals surface area contributed by atoms with Crippen LogP contribution in [0.25, 0.3) is 0 Å². The molecule has 0 saturated carbocycles. The van der Waals surface area contributed by atoms with Crippen LogP contribution in [0.4, 0.5) is 36.4 Å². The molecule has 0 aliphatic rings. The van der Waals surface area contributed by atoms with E-state index in [0.717, 1.165) is 0 Å². The minimum absolute atomic E-state index is 0.0124. The summed E-state index contributed by atoms with van der Waals surface area (Å²) >= 11 is 0. The van der Waals surface area contributed by atoms with Crippen LogP contribution >= 0.6 is 0 Å². The normalized spacial score (nSPS) is 11.8. The first-order chi connectivity index (χ1) is 7.63. The van der Waals surface area contributed by atoms with Crippen molar-refractivity contribution in [3.05, 3.63) is 23.5 Å². The van der Waals surface area contributed by atoms with Gasteiger partial charge in [0.25, 0.3) is 11.9 Å². The fourth-order valence-corrected chi connectivity index (χ4v) is 1.16. The Bertz CT molecular complexity index is 403. The maximum atomic E-state index is 13.0. The highest BCUT2D eigenvalue weighted by Crippen LogP contribution is 2.27. The van der Waals surface area contributed by atoms with Gasteiger partial charge in [-0.05, 0) is 0 Å². The SMILES string of the molecule is CN(CC(F)(F)F)c1c(F)c(F)nc(F)c1F. The van der Waals surface area contributed by atoms with E-state index in [4.69, 9.17) is 0 Å². The molecule has 0 aliphatic carbocycles. The molecule has 0 amide bonds. The third kappa shape index (κ3) is 2.98. The lowest BCUT2D eigenvalue weighted by molar-refractivity contribution is -0.119. The zero-order valence-corrected chi connectivity index (χ0v) is 8.25. The molecular weight excluding hydrogens is 257 g/mol. The van der Waals surface area contributed by atoms with Crippen LogP contribution in [-0.4, -0.2) is 24.8 Å². The Labute approximate surface area is 90.7 Å². The second-order valence-corrected chi connectivity index (χ2v) is 3.14. The topological polar surface area (TPSA) is 16.1 Å². The van der Waals surface area contributed by atoms with Crippen molar-refractivity contribution in [3.8, 4) is 0 Å². The summed E-state index contributed by atoms with van der Waals surface area (Å²) in [5.74, 6) is -7.97. The van der Waals surface area contributed by atoms with Gasteiger partial charge >= 0.3 is 6.18 Å². The van der Waals surface area contributed by atoms with Crippen LogP contribution in [0.15, 0.2) is 0 Å². The standard InChI is InChI=1S/C8H5F7N2/c1-17(2-8(13,14)15)5-3(9)6(11)16-7(12)4(5)10/h2H2,1H3. The number of pyridine rings is 1. The summed E-state index contributed by atoms with van der Waals surface area (Å²) in [6, 6.07) is 0. The first-order valence-electron chi connectivity index (χ1n) is 4.11. The van der Waals surface area contributed by atoms with Crippen molar-refractivity contribution in [2.24, 2.45) is 0 Å². The number of nitrogens with zero attached hydrogens (tertiary/aromatic N) is 2. The highest BCUT2D eigenvalue weighted by Gasteiger charge is 2.33. The van der Waals surface area contributed by atoms with Gasteiger partial charge in [-0.25, -0.2) is 0 Å². The van der Waals surface area contributed by atoms with Crippen molar-refractivity contribution in [3.63, 3.8) is 0 Å². The molecule has 9 heteroatoms. The molecule has 0 aromatic carbocycles. The van der Waals surface area contributed by atoms with Crippen LogP contribution in [0, 0.1) is 23.5 Å². The quantitative estimate of drug-likeness (QED) is 0.601. The molecule has 1 aromatic rings. The molecule has 0 aliphatic heterocycles. The molecule has 0 bridgehead atoms. The summed E-state index contributed by atoms with van der Waals surface area (Å²) in [4.78, 5) is 2.23. The van der Waals surface area contributed by atoms with E-state index in [1.807, 2.05) is 0 Å². The summed E-state index contributed by atoms with van der Waals surface area (Å²) in [5, 5.41) is 0. The molecule has 1 aromatic heterocycles. The number of rotatable bonds is 2. The largest absolute Gasteiger partial charge is 0.405 e. The van der Waals surface area contributed by atoms with Gasteiger partial charge in [0, 0.05) is 7.05 Å². The Hall–Kier alpha value is -1.54. The monoisotopic (exact) mass is 262 g/mol. The second-order valence-electron chi connectivity index (χ2n) is 3.14. The van der Waals surface area contributed by atoms with Gasteiger partial charge < -0.3 is 4.90 Å². The maximum absolute atomic E-state index is 13.0. The predicted octanol–water partition coefficient (Wildman–Crippen LogP) is 2.64. The van der Waals surface area contributed by atoms with Crippen molar-refractivity contribution in [2.75, 3.05) is 18.5 Å². The number of aromatic nitrogens is 1. The van der Waals surface area contributed by atoms with Gasteiger partial charge in [-0.1, -0.05) is 0 Å². The third-order valence-electron chi connectivity index (χ3n) is 1.77. The van der Waals surface area contributed by atoms with Crippen molar-refractivity contribution < 1.29 is 30.7 Å². The van der Waals surface area contributed by atoms with E-state index in [2.05, 4.69) is 4.98 Å². The highest BCUT2D eigenvalue weighted by atomic mass is 19.4. The Morgan fingerprint density at radius 2 is 1.41 bits per heavy atom. The summed E-state index contributed by atoms with van der Waals surface area (Å²) in [6.45, 7) is -1.76. The minimum atomic E-state index is -4.77. The van der Waals surface area contributed by atoms with Crippen molar-refractivity contribution in [2.45, 2.75) is 6.18 Å². The van der Waals surface area contributed by atoms with Crippen molar-refractivity contribution in [1.82, 2.24) is 4.98 Å². The average molecular weight is 262 g/mol. The Kier molecular flexibility index (Phi) is 3.48. The molecular formula is C8H5F7N2. The van der Waals surface area contributed by atoms with Crippen molar-refractivity contribution >= 4 is 5.69 Å². The van der Waals surface area contributed by atoms with Gasteiger partial charge in [-0.3, -0.25) is 0 Å². The number of hydrogen-bond donors (Lipinski definition) is 0. The first kappa shape index (κ1) is 13.5. The van der Waals surface area contributed by atoms with E-state index in [1.165, 1.54) is 0 Å². The lowest BCUT2D eigenvalue weighted by Crippen LogP contribution is -2.32. The summed E-state index contributed by atoms with van der Waals surface area (Å²) < 4.78 is 87.2. The summed E-state index contributed by atoms with van der Waals surface area (Å²) in [7, 11) is 0.647. The van der Waals surface area contributed by atoms with Crippen LogP contribution in [0.3, 0.4) is 0 Å². The molecule has 0 unspecified atom stereocenters. The van der Waals surface area contributed by atoms with Gasteiger partial charge in [0.15, 0.2) is 0 Å². The Balaban J connectivity index is 3.21. The minimum Gasteiger partial charge on any atom is -0.361 e. The van der Waals surface area contributed by atoms with Gasteiger partial charge in [0.05, 0.1) is 0 Å².